The van der Waals surface area contributed by atoms with Crippen LogP contribution < -0.4 is 10.6 Å². The van der Waals surface area contributed by atoms with Gasteiger partial charge in [0, 0.05) is 23.6 Å². The molecule has 0 aliphatic heterocycles. The highest BCUT2D eigenvalue weighted by atomic mass is 16.5. The van der Waals surface area contributed by atoms with Gasteiger partial charge >= 0.3 is 6.09 Å². The van der Waals surface area contributed by atoms with Crippen molar-refractivity contribution in [1.82, 2.24) is 15.6 Å². The number of hydrogen-bond acceptors (Lipinski definition) is 3. The zero-order valence-corrected chi connectivity index (χ0v) is 15.9. The van der Waals surface area contributed by atoms with Crippen molar-refractivity contribution < 1.29 is 14.3 Å². The van der Waals surface area contributed by atoms with Crippen molar-refractivity contribution in [3.8, 4) is 0 Å². The SMILES string of the molecule is CCOC(=O)N[C@@H](CC(=O)NCCc1c[nH]c2ccccc12)c1ccccc1. The second kappa shape index (κ2) is 9.60. The molecular weight excluding hydrogens is 354 g/mol. The molecule has 0 fully saturated rings. The highest BCUT2D eigenvalue weighted by Crippen LogP contribution is 2.18. The number of ether oxygens (including phenoxy) is 1. The van der Waals surface area contributed by atoms with Crippen LogP contribution in [0, 0.1) is 0 Å². The second-order valence-corrected chi connectivity index (χ2v) is 6.49. The normalized spacial score (nSPS) is 11.8. The molecule has 3 N–H and O–H groups in total. The first kappa shape index (κ1) is 19.5. The summed E-state index contributed by atoms with van der Waals surface area (Å²) in [6, 6.07) is 17.1. The van der Waals surface area contributed by atoms with Crippen LogP contribution in [-0.4, -0.2) is 30.1 Å². The maximum atomic E-state index is 12.4. The van der Waals surface area contributed by atoms with Crippen LogP contribution in [0.1, 0.15) is 30.5 Å². The lowest BCUT2D eigenvalue weighted by atomic mass is 10.0. The first-order valence-electron chi connectivity index (χ1n) is 9.47. The van der Waals surface area contributed by atoms with E-state index in [9.17, 15) is 9.59 Å². The van der Waals surface area contributed by atoms with E-state index in [0.717, 1.165) is 17.5 Å². The van der Waals surface area contributed by atoms with Gasteiger partial charge < -0.3 is 20.4 Å². The molecule has 3 rings (SSSR count). The van der Waals surface area contributed by atoms with Gasteiger partial charge in [0.2, 0.25) is 5.91 Å². The molecule has 2 amide bonds. The third-order valence-electron chi connectivity index (χ3n) is 4.55. The smallest absolute Gasteiger partial charge is 0.407 e. The fourth-order valence-corrected chi connectivity index (χ4v) is 3.19. The number of amides is 2. The second-order valence-electron chi connectivity index (χ2n) is 6.49. The number of nitrogens with one attached hydrogen (secondary N) is 3. The van der Waals surface area contributed by atoms with Crippen molar-refractivity contribution >= 4 is 22.9 Å². The van der Waals surface area contributed by atoms with Crippen molar-refractivity contribution in [1.29, 1.82) is 0 Å². The highest BCUT2D eigenvalue weighted by Gasteiger charge is 2.18. The van der Waals surface area contributed by atoms with E-state index in [4.69, 9.17) is 4.74 Å². The van der Waals surface area contributed by atoms with Gasteiger partial charge in [-0.2, -0.15) is 0 Å². The molecule has 0 unspecified atom stereocenters. The van der Waals surface area contributed by atoms with E-state index in [-0.39, 0.29) is 18.9 Å². The maximum Gasteiger partial charge on any atom is 0.407 e. The Labute approximate surface area is 164 Å². The minimum atomic E-state index is -0.525. The van der Waals surface area contributed by atoms with E-state index in [2.05, 4.69) is 21.7 Å². The van der Waals surface area contributed by atoms with E-state index in [1.165, 1.54) is 10.9 Å². The Morgan fingerprint density at radius 2 is 1.82 bits per heavy atom. The molecule has 1 aromatic heterocycles. The van der Waals surface area contributed by atoms with Gasteiger partial charge in [0.25, 0.3) is 0 Å². The molecule has 1 heterocycles. The predicted octanol–water partition coefficient (Wildman–Crippen LogP) is 3.70. The molecule has 0 spiro atoms. The fourth-order valence-electron chi connectivity index (χ4n) is 3.19. The van der Waals surface area contributed by atoms with Crippen LogP contribution in [0.15, 0.2) is 60.8 Å². The van der Waals surface area contributed by atoms with Gasteiger partial charge in [0.15, 0.2) is 0 Å². The molecule has 0 aliphatic rings. The number of para-hydroxylation sites is 1. The summed E-state index contributed by atoms with van der Waals surface area (Å²) < 4.78 is 4.96. The summed E-state index contributed by atoms with van der Waals surface area (Å²) in [7, 11) is 0. The molecule has 2 aromatic carbocycles. The lowest BCUT2D eigenvalue weighted by Gasteiger charge is -2.18. The standard InChI is InChI=1S/C22H25N3O3/c1-2-28-22(27)25-20(16-8-4-3-5-9-16)14-21(26)23-13-12-17-15-24-19-11-7-6-10-18(17)19/h3-11,15,20,24H,2,12-14H2,1H3,(H,23,26)(H,25,27)/t20-/m0/s1. The van der Waals surface area contributed by atoms with Gasteiger partial charge in [-0.25, -0.2) is 4.79 Å². The number of aromatic amines is 1. The summed E-state index contributed by atoms with van der Waals surface area (Å²) in [6.45, 7) is 2.56. The number of alkyl carbamates (subject to hydrolysis) is 1. The molecule has 0 radical (unpaired) electrons. The Bertz CT molecular complexity index is 921. The number of H-pyrrole nitrogens is 1. The fraction of sp³-hybridized carbons (Fsp3) is 0.273. The van der Waals surface area contributed by atoms with E-state index in [0.29, 0.717) is 6.54 Å². The molecule has 1 atom stereocenters. The van der Waals surface area contributed by atoms with Gasteiger partial charge in [0.05, 0.1) is 19.1 Å². The number of aromatic nitrogens is 1. The Kier molecular flexibility index (Phi) is 6.68. The number of carbonyl (C=O) groups is 2. The summed E-state index contributed by atoms with van der Waals surface area (Å²) in [5.74, 6) is -0.120. The zero-order valence-electron chi connectivity index (χ0n) is 15.9. The van der Waals surface area contributed by atoms with Crippen LogP contribution in [0.2, 0.25) is 0 Å². The van der Waals surface area contributed by atoms with E-state index in [1.807, 2.05) is 54.7 Å². The molecular formula is C22H25N3O3. The van der Waals surface area contributed by atoms with Crippen LogP contribution in [0.5, 0.6) is 0 Å². The summed E-state index contributed by atoms with van der Waals surface area (Å²) in [4.78, 5) is 27.5. The monoisotopic (exact) mass is 379 g/mol. The topological polar surface area (TPSA) is 83.2 Å². The van der Waals surface area contributed by atoms with Crippen LogP contribution in [0.4, 0.5) is 4.79 Å². The van der Waals surface area contributed by atoms with Crippen LogP contribution >= 0.6 is 0 Å². The molecule has 6 heteroatoms. The molecule has 28 heavy (non-hydrogen) atoms. The number of rotatable bonds is 8. The maximum absolute atomic E-state index is 12.4. The van der Waals surface area contributed by atoms with E-state index in [1.54, 1.807) is 6.92 Å². The first-order chi connectivity index (χ1) is 13.7. The summed E-state index contributed by atoms with van der Waals surface area (Å²) >= 11 is 0. The number of carbonyl (C=O) groups excluding carboxylic acids is 2. The summed E-state index contributed by atoms with van der Waals surface area (Å²) in [5, 5.41) is 6.88. The minimum Gasteiger partial charge on any atom is -0.450 e. The van der Waals surface area contributed by atoms with Gasteiger partial charge in [-0.15, -0.1) is 0 Å². The molecule has 6 nitrogen and oxygen atoms in total. The molecule has 0 saturated heterocycles. The van der Waals surface area contributed by atoms with Crippen molar-refractivity contribution in [3.63, 3.8) is 0 Å². The Morgan fingerprint density at radius 1 is 1.07 bits per heavy atom. The largest absolute Gasteiger partial charge is 0.450 e. The van der Waals surface area contributed by atoms with Crippen molar-refractivity contribution in [3.05, 3.63) is 71.9 Å². The van der Waals surface area contributed by atoms with Gasteiger partial charge in [-0.3, -0.25) is 4.79 Å². The molecule has 3 aromatic rings. The first-order valence-corrected chi connectivity index (χ1v) is 9.47. The zero-order chi connectivity index (χ0) is 19.8. The van der Waals surface area contributed by atoms with Crippen molar-refractivity contribution in [2.24, 2.45) is 0 Å². The van der Waals surface area contributed by atoms with Crippen LogP contribution in [0.3, 0.4) is 0 Å². The van der Waals surface area contributed by atoms with E-state index < -0.39 is 12.1 Å². The molecule has 0 aliphatic carbocycles. The van der Waals surface area contributed by atoms with Crippen molar-refractivity contribution in [2.75, 3.05) is 13.2 Å². The lowest BCUT2D eigenvalue weighted by Crippen LogP contribution is -2.34. The predicted molar refractivity (Wildman–Crippen MR) is 109 cm³/mol. The average Bonchev–Trinajstić information content (AvgIpc) is 3.12. The van der Waals surface area contributed by atoms with Crippen molar-refractivity contribution in [2.45, 2.75) is 25.8 Å². The number of hydrogen-bond donors (Lipinski definition) is 3. The van der Waals surface area contributed by atoms with Gasteiger partial charge in [-0.05, 0) is 30.5 Å². The highest BCUT2D eigenvalue weighted by molar-refractivity contribution is 5.83. The quantitative estimate of drug-likeness (QED) is 0.558. The molecule has 0 saturated carbocycles. The molecule has 146 valence electrons. The molecule has 0 bridgehead atoms. The minimum absolute atomic E-state index is 0.120. The van der Waals surface area contributed by atoms with Gasteiger partial charge in [-0.1, -0.05) is 48.5 Å². The lowest BCUT2D eigenvalue weighted by molar-refractivity contribution is -0.121. The number of fused-ring (bicyclic) bond motifs is 1. The summed E-state index contributed by atoms with van der Waals surface area (Å²) in [5.41, 5.74) is 3.12. The Balaban J connectivity index is 1.56. The Hall–Kier alpha value is -3.28. The van der Waals surface area contributed by atoms with E-state index >= 15 is 0 Å². The third kappa shape index (κ3) is 5.13. The Morgan fingerprint density at radius 3 is 2.61 bits per heavy atom. The average molecular weight is 379 g/mol. The van der Waals surface area contributed by atoms with Crippen LogP contribution in [-0.2, 0) is 16.0 Å². The van der Waals surface area contributed by atoms with Gasteiger partial charge in [0.1, 0.15) is 0 Å². The summed E-state index contributed by atoms with van der Waals surface area (Å²) in [6.07, 6.45) is 2.34. The van der Waals surface area contributed by atoms with Crippen LogP contribution in [0.25, 0.3) is 10.9 Å². The third-order valence-corrected chi connectivity index (χ3v) is 4.55. The number of benzene rings is 2.